The van der Waals surface area contributed by atoms with Gasteiger partial charge in [-0.15, -0.1) is 0 Å². The van der Waals surface area contributed by atoms with E-state index in [-0.39, 0.29) is 5.97 Å². The van der Waals surface area contributed by atoms with Crippen LogP contribution in [0.15, 0.2) is 18.2 Å². The number of anilines is 2. The van der Waals surface area contributed by atoms with Gasteiger partial charge in [0, 0.05) is 25.0 Å². The largest absolute Gasteiger partial charge is 0.462 e. The number of benzene rings is 1. The van der Waals surface area contributed by atoms with Crippen molar-refractivity contribution in [2.75, 3.05) is 37.9 Å². The number of methoxy groups -OCH3 is 1. The summed E-state index contributed by atoms with van der Waals surface area (Å²) >= 11 is 0. The van der Waals surface area contributed by atoms with Gasteiger partial charge in [0.25, 0.3) is 0 Å². The number of nitrogen functional groups attached to an aromatic ring is 1. The number of nitrogens with two attached hydrogens (primary N) is 1. The number of rotatable bonds is 7. The first-order valence-corrected chi connectivity index (χ1v) is 5.98. The van der Waals surface area contributed by atoms with Gasteiger partial charge in [0.05, 0.1) is 18.8 Å². The molecule has 0 bridgehead atoms. The highest BCUT2D eigenvalue weighted by atomic mass is 16.5. The Bertz CT molecular complexity index is 394. The molecule has 0 fully saturated rings. The Kier molecular flexibility index (Phi) is 6.00. The lowest BCUT2D eigenvalue weighted by Gasteiger charge is -2.12. The second kappa shape index (κ2) is 7.55. The highest BCUT2D eigenvalue weighted by Crippen LogP contribution is 2.19. The molecule has 0 aliphatic heterocycles. The zero-order valence-corrected chi connectivity index (χ0v) is 10.9. The molecule has 0 aromatic heterocycles. The molecule has 0 aliphatic carbocycles. The maximum absolute atomic E-state index is 11.9. The Morgan fingerprint density at radius 3 is 2.83 bits per heavy atom. The standard InChI is InChI=1S/C13H20N2O3/c1-3-7-18-13(16)11-9-10(14)4-5-12(11)15-6-8-17-2/h4-5,9,15H,3,6-8,14H2,1-2H3. The lowest BCUT2D eigenvalue weighted by atomic mass is 10.1. The van der Waals surface area contributed by atoms with Gasteiger partial charge in [-0.05, 0) is 24.6 Å². The van der Waals surface area contributed by atoms with Crippen LogP contribution in [-0.2, 0) is 9.47 Å². The van der Waals surface area contributed by atoms with E-state index in [4.69, 9.17) is 15.2 Å². The van der Waals surface area contributed by atoms with Crippen LogP contribution >= 0.6 is 0 Å². The molecule has 1 rings (SSSR count). The quantitative estimate of drug-likeness (QED) is 0.440. The van der Waals surface area contributed by atoms with E-state index in [2.05, 4.69) is 5.32 Å². The van der Waals surface area contributed by atoms with Crippen molar-refractivity contribution in [1.29, 1.82) is 0 Å². The van der Waals surface area contributed by atoms with Crippen LogP contribution in [0.3, 0.4) is 0 Å². The van der Waals surface area contributed by atoms with E-state index < -0.39 is 0 Å². The minimum absolute atomic E-state index is 0.357. The predicted molar refractivity (Wildman–Crippen MR) is 71.8 cm³/mol. The van der Waals surface area contributed by atoms with Gasteiger partial charge in [-0.1, -0.05) is 6.92 Å². The topological polar surface area (TPSA) is 73.6 Å². The van der Waals surface area contributed by atoms with E-state index in [9.17, 15) is 4.79 Å². The van der Waals surface area contributed by atoms with Crippen molar-refractivity contribution in [3.8, 4) is 0 Å². The Morgan fingerprint density at radius 1 is 1.39 bits per heavy atom. The van der Waals surface area contributed by atoms with E-state index in [0.717, 1.165) is 6.42 Å². The van der Waals surface area contributed by atoms with Crippen LogP contribution in [0.5, 0.6) is 0 Å². The Hall–Kier alpha value is -1.75. The molecule has 1 aromatic carbocycles. The Balaban J connectivity index is 2.78. The first-order valence-electron chi connectivity index (χ1n) is 5.98. The molecule has 1 aromatic rings. The molecule has 0 saturated carbocycles. The van der Waals surface area contributed by atoms with Crippen molar-refractivity contribution in [2.24, 2.45) is 0 Å². The summed E-state index contributed by atoms with van der Waals surface area (Å²) in [6.07, 6.45) is 0.792. The molecule has 0 amide bonds. The number of hydrogen-bond acceptors (Lipinski definition) is 5. The second-order valence-corrected chi connectivity index (χ2v) is 3.86. The number of carbonyl (C=O) groups is 1. The molecule has 3 N–H and O–H groups in total. The molecule has 18 heavy (non-hydrogen) atoms. The number of ether oxygens (including phenoxy) is 2. The fraction of sp³-hybridized carbons (Fsp3) is 0.462. The van der Waals surface area contributed by atoms with Crippen LogP contribution in [0.4, 0.5) is 11.4 Å². The van der Waals surface area contributed by atoms with E-state index in [0.29, 0.717) is 36.7 Å². The second-order valence-electron chi connectivity index (χ2n) is 3.86. The van der Waals surface area contributed by atoms with Crippen LogP contribution in [-0.4, -0.2) is 32.8 Å². The predicted octanol–water partition coefficient (Wildman–Crippen LogP) is 1.89. The lowest BCUT2D eigenvalue weighted by molar-refractivity contribution is 0.0506. The molecule has 5 heteroatoms. The molecule has 0 spiro atoms. The highest BCUT2D eigenvalue weighted by Gasteiger charge is 2.12. The summed E-state index contributed by atoms with van der Waals surface area (Å²) in [5.74, 6) is -0.357. The summed E-state index contributed by atoms with van der Waals surface area (Å²) in [5, 5.41) is 3.12. The Morgan fingerprint density at radius 2 is 2.17 bits per heavy atom. The van der Waals surface area contributed by atoms with E-state index in [1.54, 1.807) is 25.3 Å². The normalized spacial score (nSPS) is 10.1. The number of hydrogen-bond donors (Lipinski definition) is 2. The van der Waals surface area contributed by atoms with Crippen LogP contribution in [0.2, 0.25) is 0 Å². The smallest absolute Gasteiger partial charge is 0.340 e. The van der Waals surface area contributed by atoms with Gasteiger partial charge >= 0.3 is 5.97 Å². The van der Waals surface area contributed by atoms with Crippen molar-refractivity contribution in [3.05, 3.63) is 23.8 Å². The van der Waals surface area contributed by atoms with Gasteiger partial charge in [-0.3, -0.25) is 0 Å². The first-order chi connectivity index (χ1) is 8.69. The van der Waals surface area contributed by atoms with Crippen LogP contribution in [0.25, 0.3) is 0 Å². The van der Waals surface area contributed by atoms with Crippen LogP contribution in [0, 0.1) is 0 Å². The number of esters is 1. The van der Waals surface area contributed by atoms with Gasteiger partial charge < -0.3 is 20.5 Å². The zero-order valence-electron chi connectivity index (χ0n) is 10.9. The van der Waals surface area contributed by atoms with Gasteiger partial charge in [0.15, 0.2) is 0 Å². The van der Waals surface area contributed by atoms with Crippen molar-refractivity contribution < 1.29 is 14.3 Å². The van der Waals surface area contributed by atoms with Gasteiger partial charge in [0.1, 0.15) is 0 Å². The summed E-state index contributed by atoms with van der Waals surface area (Å²) in [4.78, 5) is 11.9. The molecule has 0 heterocycles. The monoisotopic (exact) mass is 252 g/mol. The molecule has 100 valence electrons. The highest BCUT2D eigenvalue weighted by molar-refractivity contribution is 5.96. The molecule has 5 nitrogen and oxygen atoms in total. The third kappa shape index (κ3) is 4.25. The molecule has 0 aliphatic rings. The van der Waals surface area contributed by atoms with E-state index in [1.165, 1.54) is 0 Å². The Labute approximate surface area is 107 Å². The third-order valence-corrected chi connectivity index (χ3v) is 2.32. The van der Waals surface area contributed by atoms with Crippen molar-refractivity contribution in [1.82, 2.24) is 0 Å². The molecule has 0 saturated heterocycles. The zero-order chi connectivity index (χ0) is 13.4. The van der Waals surface area contributed by atoms with Gasteiger partial charge in [-0.25, -0.2) is 4.79 Å². The molecule has 0 atom stereocenters. The number of nitrogens with one attached hydrogen (secondary N) is 1. The van der Waals surface area contributed by atoms with Crippen molar-refractivity contribution >= 4 is 17.3 Å². The van der Waals surface area contributed by atoms with Gasteiger partial charge in [0.2, 0.25) is 0 Å². The summed E-state index contributed by atoms with van der Waals surface area (Å²) in [6, 6.07) is 5.13. The molecule has 0 radical (unpaired) electrons. The molecular formula is C13H20N2O3. The van der Waals surface area contributed by atoms with E-state index >= 15 is 0 Å². The summed E-state index contributed by atoms with van der Waals surface area (Å²) < 4.78 is 10.1. The maximum atomic E-state index is 11.9. The SMILES string of the molecule is CCCOC(=O)c1cc(N)ccc1NCCOC. The fourth-order valence-electron chi connectivity index (χ4n) is 1.45. The summed E-state index contributed by atoms with van der Waals surface area (Å²) in [7, 11) is 1.63. The first kappa shape index (κ1) is 14.3. The van der Waals surface area contributed by atoms with Crippen LogP contribution in [0.1, 0.15) is 23.7 Å². The average molecular weight is 252 g/mol. The molecular weight excluding hydrogens is 232 g/mol. The van der Waals surface area contributed by atoms with Gasteiger partial charge in [-0.2, -0.15) is 0 Å². The number of carbonyl (C=O) groups excluding carboxylic acids is 1. The summed E-state index contributed by atoms with van der Waals surface area (Å²) in [5.41, 5.74) is 7.39. The average Bonchev–Trinajstić information content (AvgIpc) is 2.38. The van der Waals surface area contributed by atoms with Crippen molar-refractivity contribution in [2.45, 2.75) is 13.3 Å². The van der Waals surface area contributed by atoms with E-state index in [1.807, 2.05) is 6.92 Å². The molecule has 0 unspecified atom stereocenters. The minimum atomic E-state index is -0.357. The minimum Gasteiger partial charge on any atom is -0.462 e. The maximum Gasteiger partial charge on any atom is 0.340 e. The third-order valence-electron chi connectivity index (χ3n) is 2.32. The van der Waals surface area contributed by atoms with Crippen LogP contribution < -0.4 is 11.1 Å². The fourth-order valence-corrected chi connectivity index (χ4v) is 1.45. The van der Waals surface area contributed by atoms with Crippen molar-refractivity contribution in [3.63, 3.8) is 0 Å². The summed E-state index contributed by atoms with van der Waals surface area (Å²) in [6.45, 7) is 3.54. The lowest BCUT2D eigenvalue weighted by Crippen LogP contribution is -2.13.